The number of nitrogens with zero attached hydrogens (tertiary/aromatic N) is 1. The fourth-order valence-corrected chi connectivity index (χ4v) is 4.93. The van der Waals surface area contributed by atoms with Gasteiger partial charge in [-0.15, -0.1) is 11.3 Å². The van der Waals surface area contributed by atoms with Crippen LogP contribution in [0.5, 0.6) is 0 Å². The number of piperidine rings is 1. The third-order valence-electron chi connectivity index (χ3n) is 4.81. The number of amides is 2. The molecular formula is C18H21N3O2S. The van der Waals surface area contributed by atoms with Crippen LogP contribution in [0.1, 0.15) is 46.5 Å². The van der Waals surface area contributed by atoms with E-state index in [0.717, 1.165) is 36.2 Å². The standard InChI is InChI=1S/C18H21N3O2S/c22-16-13(7-5-9-19-16)20-17(23)15-12-6-1-2-8-14(12)24-18(15)21-10-3-4-11-21/h3-4,10-11,13H,1-2,5-9H2,(H,19,22)(H,20,23)/t13-/m1/s1. The van der Waals surface area contributed by atoms with E-state index in [4.69, 9.17) is 0 Å². The van der Waals surface area contributed by atoms with E-state index in [0.29, 0.717) is 13.0 Å². The first kappa shape index (κ1) is 15.4. The number of nitrogens with one attached hydrogen (secondary N) is 2. The van der Waals surface area contributed by atoms with Gasteiger partial charge in [-0.05, 0) is 56.2 Å². The summed E-state index contributed by atoms with van der Waals surface area (Å²) in [7, 11) is 0. The second kappa shape index (κ2) is 6.43. The minimum absolute atomic E-state index is 0.0683. The molecule has 0 saturated carbocycles. The predicted molar refractivity (Wildman–Crippen MR) is 93.8 cm³/mol. The molecule has 4 rings (SSSR count). The van der Waals surface area contributed by atoms with Crippen LogP contribution in [0.15, 0.2) is 24.5 Å². The van der Waals surface area contributed by atoms with Gasteiger partial charge in [0.15, 0.2) is 0 Å². The van der Waals surface area contributed by atoms with Gasteiger partial charge in [0.1, 0.15) is 11.0 Å². The van der Waals surface area contributed by atoms with Crippen molar-refractivity contribution < 1.29 is 9.59 Å². The number of carbonyl (C=O) groups is 2. The van der Waals surface area contributed by atoms with Crippen molar-refractivity contribution in [2.24, 2.45) is 0 Å². The molecule has 0 bridgehead atoms. The molecule has 2 aliphatic rings. The lowest BCUT2D eigenvalue weighted by Gasteiger charge is -2.23. The van der Waals surface area contributed by atoms with E-state index in [9.17, 15) is 9.59 Å². The summed E-state index contributed by atoms with van der Waals surface area (Å²) in [5, 5.41) is 6.77. The average Bonchev–Trinajstić information content (AvgIpc) is 3.23. The number of hydrogen-bond donors (Lipinski definition) is 2. The number of rotatable bonds is 3. The molecule has 2 aromatic rings. The smallest absolute Gasteiger partial charge is 0.255 e. The highest BCUT2D eigenvalue weighted by atomic mass is 32.1. The molecular weight excluding hydrogens is 322 g/mol. The Morgan fingerprint density at radius 2 is 2.00 bits per heavy atom. The topological polar surface area (TPSA) is 63.1 Å². The third-order valence-corrected chi connectivity index (χ3v) is 6.11. The molecule has 2 amide bonds. The minimum Gasteiger partial charge on any atom is -0.354 e. The summed E-state index contributed by atoms with van der Waals surface area (Å²) in [6.07, 6.45) is 9.87. The van der Waals surface area contributed by atoms with Crippen molar-refractivity contribution in [1.82, 2.24) is 15.2 Å². The molecule has 1 atom stereocenters. The van der Waals surface area contributed by atoms with Crippen LogP contribution in [0.4, 0.5) is 0 Å². The maximum Gasteiger partial charge on any atom is 0.255 e. The van der Waals surface area contributed by atoms with Crippen LogP contribution in [0.3, 0.4) is 0 Å². The normalized spacial score (nSPS) is 20.3. The first-order valence-electron chi connectivity index (χ1n) is 8.60. The Labute approximate surface area is 145 Å². The Morgan fingerprint density at radius 3 is 2.79 bits per heavy atom. The van der Waals surface area contributed by atoms with Crippen LogP contribution in [0.2, 0.25) is 0 Å². The number of thiophene rings is 1. The van der Waals surface area contributed by atoms with Crippen LogP contribution < -0.4 is 10.6 Å². The average molecular weight is 343 g/mol. The van der Waals surface area contributed by atoms with Gasteiger partial charge in [-0.2, -0.15) is 0 Å². The van der Waals surface area contributed by atoms with Gasteiger partial charge in [0, 0.05) is 23.8 Å². The van der Waals surface area contributed by atoms with E-state index in [1.54, 1.807) is 11.3 Å². The fraction of sp³-hybridized carbons (Fsp3) is 0.444. The van der Waals surface area contributed by atoms with Crippen LogP contribution >= 0.6 is 11.3 Å². The number of hydrogen-bond acceptors (Lipinski definition) is 3. The van der Waals surface area contributed by atoms with E-state index in [2.05, 4.69) is 10.6 Å². The molecule has 5 nitrogen and oxygen atoms in total. The Hall–Kier alpha value is -2.08. The number of aromatic nitrogens is 1. The molecule has 24 heavy (non-hydrogen) atoms. The van der Waals surface area contributed by atoms with E-state index in [-0.39, 0.29) is 11.8 Å². The lowest BCUT2D eigenvalue weighted by atomic mass is 9.95. The van der Waals surface area contributed by atoms with Gasteiger partial charge in [0.05, 0.1) is 5.56 Å². The Bertz CT molecular complexity index is 764. The predicted octanol–water partition coefficient (Wildman–Crippen LogP) is 2.43. The summed E-state index contributed by atoms with van der Waals surface area (Å²) in [4.78, 5) is 26.3. The minimum atomic E-state index is -0.414. The summed E-state index contributed by atoms with van der Waals surface area (Å²) in [5.74, 6) is -0.179. The van der Waals surface area contributed by atoms with E-state index in [1.165, 1.54) is 16.9 Å². The summed E-state index contributed by atoms with van der Waals surface area (Å²) >= 11 is 1.71. The molecule has 0 unspecified atom stereocenters. The Balaban J connectivity index is 1.69. The van der Waals surface area contributed by atoms with Crippen molar-refractivity contribution in [3.05, 3.63) is 40.5 Å². The maximum atomic E-state index is 13.0. The molecule has 2 aromatic heterocycles. The molecule has 1 fully saturated rings. The van der Waals surface area contributed by atoms with Gasteiger partial charge in [-0.1, -0.05) is 0 Å². The van der Waals surface area contributed by atoms with Gasteiger partial charge in [0.2, 0.25) is 5.91 Å². The first-order valence-corrected chi connectivity index (χ1v) is 9.42. The summed E-state index contributed by atoms with van der Waals surface area (Å²) in [6.45, 7) is 0.702. The lowest BCUT2D eigenvalue weighted by Crippen LogP contribution is -2.50. The zero-order valence-corrected chi connectivity index (χ0v) is 14.3. The van der Waals surface area contributed by atoms with E-state index < -0.39 is 6.04 Å². The number of fused-ring (bicyclic) bond motifs is 1. The largest absolute Gasteiger partial charge is 0.354 e. The van der Waals surface area contributed by atoms with Crippen LogP contribution in [-0.2, 0) is 17.6 Å². The van der Waals surface area contributed by atoms with Gasteiger partial charge in [-0.25, -0.2) is 0 Å². The highest BCUT2D eigenvalue weighted by molar-refractivity contribution is 7.15. The van der Waals surface area contributed by atoms with Crippen molar-refractivity contribution in [2.45, 2.75) is 44.6 Å². The molecule has 1 aliphatic carbocycles. The van der Waals surface area contributed by atoms with Crippen molar-refractivity contribution in [2.75, 3.05) is 6.54 Å². The number of carbonyl (C=O) groups excluding carboxylic acids is 2. The third kappa shape index (κ3) is 2.75. The van der Waals surface area contributed by atoms with Gasteiger partial charge in [0.25, 0.3) is 5.91 Å². The quantitative estimate of drug-likeness (QED) is 0.899. The van der Waals surface area contributed by atoms with Crippen molar-refractivity contribution in [3.8, 4) is 5.00 Å². The summed E-state index contributed by atoms with van der Waals surface area (Å²) in [6, 6.07) is 3.52. The zero-order valence-electron chi connectivity index (χ0n) is 13.5. The van der Waals surface area contributed by atoms with Gasteiger partial charge < -0.3 is 15.2 Å². The molecule has 126 valence electrons. The fourth-order valence-electron chi connectivity index (χ4n) is 3.58. The molecule has 2 N–H and O–H groups in total. The van der Waals surface area contributed by atoms with Crippen LogP contribution in [-0.4, -0.2) is 29.0 Å². The van der Waals surface area contributed by atoms with Gasteiger partial charge in [-0.3, -0.25) is 9.59 Å². The van der Waals surface area contributed by atoms with Crippen LogP contribution in [0, 0.1) is 0 Å². The molecule has 3 heterocycles. The lowest BCUT2D eigenvalue weighted by molar-refractivity contribution is -0.124. The summed E-state index contributed by atoms with van der Waals surface area (Å²) < 4.78 is 2.01. The highest BCUT2D eigenvalue weighted by Crippen LogP contribution is 2.37. The molecule has 1 aliphatic heterocycles. The zero-order chi connectivity index (χ0) is 16.5. The first-order chi connectivity index (χ1) is 11.7. The Kier molecular flexibility index (Phi) is 4.14. The highest BCUT2D eigenvalue weighted by Gasteiger charge is 2.30. The van der Waals surface area contributed by atoms with Crippen molar-refractivity contribution in [3.63, 3.8) is 0 Å². The van der Waals surface area contributed by atoms with E-state index in [1.807, 2.05) is 29.1 Å². The monoisotopic (exact) mass is 343 g/mol. The maximum absolute atomic E-state index is 13.0. The molecule has 0 spiro atoms. The molecule has 0 aromatic carbocycles. The molecule has 6 heteroatoms. The van der Waals surface area contributed by atoms with E-state index >= 15 is 0 Å². The summed E-state index contributed by atoms with van der Waals surface area (Å²) in [5.41, 5.74) is 1.95. The molecule has 0 radical (unpaired) electrons. The van der Waals surface area contributed by atoms with Gasteiger partial charge >= 0.3 is 0 Å². The Morgan fingerprint density at radius 1 is 1.21 bits per heavy atom. The SMILES string of the molecule is O=C(N[C@@H]1CCCNC1=O)c1c(-n2cccc2)sc2c1CCCC2. The number of aryl methyl sites for hydroxylation is 1. The molecule has 1 saturated heterocycles. The second-order valence-corrected chi connectivity index (χ2v) is 7.52. The van der Waals surface area contributed by atoms with Crippen molar-refractivity contribution in [1.29, 1.82) is 0 Å². The van der Waals surface area contributed by atoms with Crippen molar-refractivity contribution >= 4 is 23.2 Å². The van der Waals surface area contributed by atoms with Crippen LogP contribution in [0.25, 0.3) is 5.00 Å². The second-order valence-electron chi connectivity index (χ2n) is 6.44.